The Morgan fingerprint density at radius 3 is 2.81 bits per heavy atom. The number of imidazole rings is 1. The van der Waals surface area contributed by atoms with Gasteiger partial charge in [0.25, 0.3) is 0 Å². The summed E-state index contributed by atoms with van der Waals surface area (Å²) in [7, 11) is 0.198. The van der Waals surface area contributed by atoms with Crippen molar-refractivity contribution in [1.29, 1.82) is 0 Å². The summed E-state index contributed by atoms with van der Waals surface area (Å²) in [5, 5.41) is 0.838. The summed E-state index contributed by atoms with van der Waals surface area (Å²) in [6.07, 6.45) is 4.29. The molecule has 0 spiro atoms. The monoisotopic (exact) mass is 448 g/mol. The van der Waals surface area contributed by atoms with Crippen molar-refractivity contribution >= 4 is 70.9 Å². The number of halogens is 2. The number of likely N-dealkylation sites (N-methyl/N-ethyl adjacent to an activating group) is 1. The van der Waals surface area contributed by atoms with Gasteiger partial charge in [0.05, 0.1) is 0 Å². The lowest BCUT2D eigenvalue weighted by Gasteiger charge is -2.07. The van der Waals surface area contributed by atoms with E-state index in [4.69, 9.17) is 23.2 Å². The Morgan fingerprint density at radius 1 is 1.31 bits per heavy atom. The summed E-state index contributed by atoms with van der Waals surface area (Å²) in [5.74, 6) is 0. The Bertz CT molecular complexity index is 1220. The first-order chi connectivity index (χ1) is 12.3. The number of rotatable bonds is 5. The minimum atomic E-state index is -3.81. The molecule has 0 bridgehead atoms. The molecular weight excluding hydrogens is 435 g/mol. The molecule has 0 saturated carbocycles. The van der Waals surface area contributed by atoms with Crippen LogP contribution in [0, 0.1) is 0 Å². The van der Waals surface area contributed by atoms with Crippen molar-refractivity contribution in [1.82, 2.24) is 19.3 Å². The second kappa shape index (κ2) is 6.50. The molecule has 0 aliphatic rings. The minimum Gasteiger partial charge on any atom is -0.353 e. The van der Waals surface area contributed by atoms with Crippen molar-refractivity contribution in [2.45, 2.75) is 15.7 Å². The number of nitrogens with zero attached hydrogens (tertiary/aromatic N) is 3. The summed E-state index contributed by atoms with van der Waals surface area (Å²) in [6, 6.07) is 1.71. The molecule has 6 nitrogen and oxygen atoms in total. The van der Waals surface area contributed by atoms with Crippen LogP contribution in [0.2, 0.25) is 9.49 Å². The number of hydrogen-bond donors (Lipinski definition) is 1. The van der Waals surface area contributed by atoms with Gasteiger partial charge in [-0.25, -0.2) is 13.4 Å². The maximum absolute atomic E-state index is 13.2. The van der Waals surface area contributed by atoms with Gasteiger partial charge in [0.15, 0.2) is 15.1 Å². The molecule has 4 aromatic rings. The fourth-order valence-electron chi connectivity index (χ4n) is 2.74. The van der Waals surface area contributed by atoms with Crippen molar-refractivity contribution in [3.05, 3.63) is 33.5 Å². The van der Waals surface area contributed by atoms with Crippen LogP contribution in [0.5, 0.6) is 0 Å². The molecular formula is C15H14Cl2N4O2S3. The van der Waals surface area contributed by atoms with E-state index in [1.54, 1.807) is 6.07 Å². The Labute approximate surface area is 167 Å². The second-order valence-electron chi connectivity index (χ2n) is 6.07. The van der Waals surface area contributed by atoms with Gasteiger partial charge < -0.3 is 9.88 Å². The van der Waals surface area contributed by atoms with Crippen LogP contribution < -0.4 is 0 Å². The lowest BCUT2D eigenvalue weighted by atomic mass is 10.2. The number of sulfone groups is 1. The first-order valence-corrected chi connectivity index (χ1v) is 11.5. The van der Waals surface area contributed by atoms with Gasteiger partial charge in [0.1, 0.15) is 13.4 Å². The zero-order valence-corrected chi connectivity index (χ0v) is 17.7. The van der Waals surface area contributed by atoms with Gasteiger partial charge in [-0.1, -0.05) is 34.5 Å². The van der Waals surface area contributed by atoms with Gasteiger partial charge in [0.2, 0.25) is 9.84 Å². The van der Waals surface area contributed by atoms with Gasteiger partial charge in [0, 0.05) is 24.3 Å². The standard InChI is InChI=1S/C15H14Cl2N4O2S3/c1-20(2)4-3-8-6-18-13-9(8)5-11(25-13)26(22,23)14-12(17)19-15-21(14)7-10(16)24-15/h5-7,18H,3-4H2,1-2H3. The molecule has 4 aromatic heterocycles. The van der Waals surface area contributed by atoms with Crippen molar-refractivity contribution in [2.75, 3.05) is 20.6 Å². The normalized spacial score (nSPS) is 12.8. The molecule has 26 heavy (non-hydrogen) atoms. The molecule has 0 unspecified atom stereocenters. The van der Waals surface area contributed by atoms with E-state index in [0.29, 0.717) is 9.30 Å². The van der Waals surface area contributed by atoms with E-state index in [9.17, 15) is 8.42 Å². The maximum Gasteiger partial charge on any atom is 0.235 e. The highest BCUT2D eigenvalue weighted by atomic mass is 35.5. The van der Waals surface area contributed by atoms with Gasteiger partial charge in [-0.2, -0.15) is 0 Å². The summed E-state index contributed by atoms with van der Waals surface area (Å²) >= 11 is 14.5. The van der Waals surface area contributed by atoms with Crippen molar-refractivity contribution in [3.63, 3.8) is 0 Å². The molecule has 0 aliphatic heterocycles. The van der Waals surface area contributed by atoms with E-state index in [1.807, 2.05) is 20.3 Å². The van der Waals surface area contributed by atoms with Crippen molar-refractivity contribution in [2.24, 2.45) is 0 Å². The number of H-pyrrole nitrogens is 1. The molecule has 0 aromatic carbocycles. The highest BCUT2D eigenvalue weighted by molar-refractivity contribution is 7.93. The fraction of sp³-hybridized carbons (Fsp3) is 0.267. The van der Waals surface area contributed by atoms with E-state index in [1.165, 1.54) is 33.3 Å². The van der Waals surface area contributed by atoms with Gasteiger partial charge in [-0.05, 0) is 32.1 Å². The van der Waals surface area contributed by atoms with Crippen LogP contribution >= 0.6 is 45.9 Å². The van der Waals surface area contributed by atoms with E-state index < -0.39 is 9.84 Å². The zero-order valence-electron chi connectivity index (χ0n) is 13.8. The molecule has 0 aliphatic carbocycles. The Morgan fingerprint density at radius 2 is 2.08 bits per heavy atom. The fourth-order valence-corrected chi connectivity index (χ4v) is 7.19. The van der Waals surface area contributed by atoms with Crippen molar-refractivity contribution in [3.8, 4) is 0 Å². The molecule has 0 amide bonds. The molecule has 4 rings (SSSR count). The highest BCUT2D eigenvalue weighted by Gasteiger charge is 2.30. The predicted octanol–water partition coefficient (Wildman–Crippen LogP) is 4.18. The molecule has 11 heteroatoms. The van der Waals surface area contributed by atoms with Gasteiger partial charge in [-0.15, -0.1) is 11.3 Å². The third kappa shape index (κ3) is 2.96. The molecule has 0 atom stereocenters. The quantitative estimate of drug-likeness (QED) is 0.496. The van der Waals surface area contributed by atoms with Gasteiger partial charge >= 0.3 is 0 Å². The minimum absolute atomic E-state index is 0.0437. The van der Waals surface area contributed by atoms with Crippen LogP contribution in [0.15, 0.2) is 27.7 Å². The summed E-state index contributed by atoms with van der Waals surface area (Å²) in [6.45, 7) is 0.882. The predicted molar refractivity (Wildman–Crippen MR) is 107 cm³/mol. The average Bonchev–Trinajstić information content (AvgIpc) is 3.24. The smallest absolute Gasteiger partial charge is 0.235 e. The third-order valence-electron chi connectivity index (χ3n) is 4.00. The molecule has 0 fully saturated rings. The third-order valence-corrected chi connectivity index (χ3v) is 8.79. The van der Waals surface area contributed by atoms with Crippen LogP contribution in [-0.4, -0.2) is 48.3 Å². The van der Waals surface area contributed by atoms with E-state index in [0.717, 1.165) is 28.7 Å². The van der Waals surface area contributed by atoms with Crippen LogP contribution in [0.1, 0.15) is 5.56 Å². The SMILES string of the molecule is CN(C)CCc1c[nH]c2sc(S(=O)(=O)c3c(Cl)nc4sc(Cl)cn34)cc12. The zero-order chi connectivity index (χ0) is 18.6. The van der Waals surface area contributed by atoms with Crippen molar-refractivity contribution < 1.29 is 8.42 Å². The first kappa shape index (κ1) is 18.3. The number of thiazole rings is 1. The lowest BCUT2D eigenvalue weighted by molar-refractivity contribution is 0.414. The summed E-state index contributed by atoms with van der Waals surface area (Å²) in [5.41, 5.74) is 1.09. The first-order valence-electron chi connectivity index (χ1n) is 7.60. The summed E-state index contributed by atoms with van der Waals surface area (Å²) < 4.78 is 28.5. The molecule has 0 saturated heterocycles. The Hall–Kier alpha value is -1.10. The lowest BCUT2D eigenvalue weighted by Crippen LogP contribution is -2.14. The van der Waals surface area contributed by atoms with Crippen LogP contribution in [-0.2, 0) is 16.3 Å². The number of aromatic amines is 1. The summed E-state index contributed by atoms with van der Waals surface area (Å²) in [4.78, 5) is 10.6. The number of hydrogen-bond acceptors (Lipinski definition) is 6. The average molecular weight is 449 g/mol. The van der Waals surface area contributed by atoms with E-state index in [2.05, 4.69) is 14.9 Å². The van der Waals surface area contributed by atoms with E-state index in [-0.39, 0.29) is 14.4 Å². The van der Waals surface area contributed by atoms with Gasteiger partial charge in [-0.3, -0.25) is 4.40 Å². The van der Waals surface area contributed by atoms with Crippen LogP contribution in [0.4, 0.5) is 0 Å². The second-order valence-corrected chi connectivity index (χ2v) is 11.2. The molecule has 1 N–H and O–H groups in total. The van der Waals surface area contributed by atoms with Crippen LogP contribution in [0.3, 0.4) is 0 Å². The number of aromatic nitrogens is 3. The largest absolute Gasteiger partial charge is 0.353 e. The number of nitrogens with one attached hydrogen (secondary N) is 1. The Balaban J connectivity index is 1.81. The molecule has 138 valence electrons. The Kier molecular flexibility index (Phi) is 4.57. The van der Waals surface area contributed by atoms with E-state index >= 15 is 0 Å². The topological polar surface area (TPSA) is 70.5 Å². The maximum atomic E-state index is 13.2. The number of fused-ring (bicyclic) bond motifs is 2. The van der Waals surface area contributed by atoms with Crippen LogP contribution in [0.25, 0.3) is 15.2 Å². The number of thiophene rings is 1. The highest BCUT2D eigenvalue weighted by Crippen LogP contribution is 2.38. The molecule has 4 heterocycles. The molecule has 0 radical (unpaired) electrons.